The van der Waals surface area contributed by atoms with E-state index in [2.05, 4.69) is 15.4 Å². The first kappa shape index (κ1) is 17.0. The van der Waals surface area contributed by atoms with Gasteiger partial charge in [-0.2, -0.15) is 5.10 Å². The molecule has 1 heterocycles. The molecule has 0 radical (unpaired) electrons. The second-order valence-electron chi connectivity index (χ2n) is 5.91. The van der Waals surface area contributed by atoms with E-state index in [-0.39, 0.29) is 5.91 Å². The lowest BCUT2D eigenvalue weighted by atomic mass is 10.2. The van der Waals surface area contributed by atoms with Gasteiger partial charge in [0.25, 0.3) is 5.91 Å². The second-order valence-corrected chi connectivity index (χ2v) is 5.91. The number of ether oxygens (including phenoxy) is 1. The first-order chi connectivity index (χ1) is 12.3. The van der Waals surface area contributed by atoms with Crippen LogP contribution in [0.1, 0.15) is 35.7 Å². The van der Waals surface area contributed by atoms with Crippen molar-refractivity contribution < 1.29 is 9.53 Å². The number of nitrogens with one attached hydrogen (secondary N) is 1. The highest BCUT2D eigenvalue weighted by atomic mass is 16.5. The van der Waals surface area contributed by atoms with Gasteiger partial charge < -0.3 is 9.64 Å². The van der Waals surface area contributed by atoms with Gasteiger partial charge in [0, 0.05) is 29.9 Å². The van der Waals surface area contributed by atoms with Gasteiger partial charge >= 0.3 is 0 Å². The van der Waals surface area contributed by atoms with E-state index in [0.29, 0.717) is 12.2 Å². The molecule has 2 aromatic carbocycles. The average Bonchev–Trinajstić information content (AvgIpc) is 3.18. The number of benzene rings is 2. The molecule has 0 aliphatic carbocycles. The van der Waals surface area contributed by atoms with Crippen LogP contribution in [0.3, 0.4) is 0 Å². The number of carbonyl (C=O) groups is 1. The van der Waals surface area contributed by atoms with Crippen molar-refractivity contribution in [2.45, 2.75) is 19.8 Å². The molecule has 0 aromatic heterocycles. The third kappa shape index (κ3) is 4.38. The minimum absolute atomic E-state index is 0.224. The van der Waals surface area contributed by atoms with E-state index >= 15 is 0 Å². The Labute approximate surface area is 148 Å². The predicted molar refractivity (Wildman–Crippen MR) is 101 cm³/mol. The first-order valence-corrected chi connectivity index (χ1v) is 8.68. The van der Waals surface area contributed by atoms with Crippen LogP contribution in [0, 0.1) is 0 Å². The van der Waals surface area contributed by atoms with E-state index in [1.807, 2.05) is 55.5 Å². The molecule has 5 nitrogen and oxygen atoms in total. The largest absolute Gasteiger partial charge is 0.493 e. The molecule has 1 aliphatic heterocycles. The predicted octanol–water partition coefficient (Wildman–Crippen LogP) is 3.45. The molecule has 3 rings (SSSR count). The van der Waals surface area contributed by atoms with Gasteiger partial charge in [-0.05, 0) is 56.2 Å². The number of nitrogens with zero attached hydrogens (tertiary/aromatic N) is 2. The smallest absolute Gasteiger partial charge is 0.271 e. The molecule has 0 bridgehead atoms. The van der Waals surface area contributed by atoms with Gasteiger partial charge in [-0.1, -0.05) is 12.1 Å². The summed E-state index contributed by atoms with van der Waals surface area (Å²) in [5.41, 5.74) is 5.16. The second kappa shape index (κ2) is 8.33. The fraction of sp³-hybridized carbons (Fsp3) is 0.300. The fourth-order valence-corrected chi connectivity index (χ4v) is 2.90. The zero-order chi connectivity index (χ0) is 17.5. The number of rotatable bonds is 6. The lowest BCUT2D eigenvalue weighted by molar-refractivity contribution is 0.0955. The third-order valence-electron chi connectivity index (χ3n) is 4.19. The molecule has 130 valence electrons. The van der Waals surface area contributed by atoms with Crippen LogP contribution in [0.4, 0.5) is 5.69 Å². The molecule has 1 amide bonds. The molecule has 0 saturated carbocycles. The Balaban J connectivity index is 1.60. The fourth-order valence-electron chi connectivity index (χ4n) is 2.90. The summed E-state index contributed by atoms with van der Waals surface area (Å²) in [7, 11) is 0. The highest BCUT2D eigenvalue weighted by Crippen LogP contribution is 2.20. The van der Waals surface area contributed by atoms with Crippen molar-refractivity contribution in [3.05, 3.63) is 59.7 Å². The van der Waals surface area contributed by atoms with Crippen molar-refractivity contribution in [2.75, 3.05) is 24.6 Å². The summed E-state index contributed by atoms with van der Waals surface area (Å²) in [5.74, 6) is 0.524. The van der Waals surface area contributed by atoms with E-state index in [9.17, 15) is 4.79 Å². The highest BCUT2D eigenvalue weighted by Gasteiger charge is 2.12. The Bertz CT molecular complexity index is 735. The summed E-state index contributed by atoms with van der Waals surface area (Å²) in [6.07, 6.45) is 4.07. The molecule has 1 saturated heterocycles. The topological polar surface area (TPSA) is 53.9 Å². The van der Waals surface area contributed by atoms with Crippen molar-refractivity contribution in [3.63, 3.8) is 0 Å². The maximum Gasteiger partial charge on any atom is 0.271 e. The van der Waals surface area contributed by atoms with Crippen LogP contribution in [-0.2, 0) is 0 Å². The van der Waals surface area contributed by atoms with Gasteiger partial charge in [0.2, 0.25) is 0 Å². The SMILES string of the molecule is CCOc1ccccc1/C=N\NC(=O)c1ccc(N2CCCC2)cc1. The van der Waals surface area contributed by atoms with Gasteiger partial charge in [-0.25, -0.2) is 5.43 Å². The van der Waals surface area contributed by atoms with Crippen molar-refractivity contribution >= 4 is 17.8 Å². The Morgan fingerprint density at radius 3 is 2.60 bits per heavy atom. The van der Waals surface area contributed by atoms with Crippen LogP contribution in [0.15, 0.2) is 53.6 Å². The molecule has 0 unspecified atom stereocenters. The van der Waals surface area contributed by atoms with Crippen LogP contribution in [0.25, 0.3) is 0 Å². The molecule has 1 fully saturated rings. The lowest BCUT2D eigenvalue weighted by Crippen LogP contribution is -2.19. The van der Waals surface area contributed by atoms with Gasteiger partial charge in [0.1, 0.15) is 5.75 Å². The van der Waals surface area contributed by atoms with Crippen molar-refractivity contribution in [3.8, 4) is 5.75 Å². The normalized spacial score (nSPS) is 14.0. The zero-order valence-corrected chi connectivity index (χ0v) is 14.4. The Kier molecular flexibility index (Phi) is 5.67. The summed E-state index contributed by atoms with van der Waals surface area (Å²) in [4.78, 5) is 14.5. The van der Waals surface area contributed by atoms with Crippen molar-refractivity contribution in [1.82, 2.24) is 5.43 Å². The van der Waals surface area contributed by atoms with E-state index in [0.717, 1.165) is 24.4 Å². The molecule has 1 N–H and O–H groups in total. The number of hydrogen-bond donors (Lipinski definition) is 1. The van der Waals surface area contributed by atoms with Gasteiger partial charge in [-0.15, -0.1) is 0 Å². The van der Waals surface area contributed by atoms with Crippen LogP contribution < -0.4 is 15.1 Å². The molecular weight excluding hydrogens is 314 g/mol. The maximum atomic E-state index is 12.2. The van der Waals surface area contributed by atoms with Gasteiger partial charge in [0.15, 0.2) is 0 Å². The summed E-state index contributed by atoms with van der Waals surface area (Å²) < 4.78 is 5.53. The Hall–Kier alpha value is -2.82. The molecule has 25 heavy (non-hydrogen) atoms. The minimum atomic E-state index is -0.224. The number of carbonyl (C=O) groups excluding carboxylic acids is 1. The van der Waals surface area contributed by atoms with E-state index < -0.39 is 0 Å². The summed E-state index contributed by atoms with van der Waals surface area (Å²) in [5, 5.41) is 4.05. The zero-order valence-electron chi connectivity index (χ0n) is 14.4. The molecule has 5 heteroatoms. The van der Waals surface area contributed by atoms with Crippen molar-refractivity contribution in [1.29, 1.82) is 0 Å². The summed E-state index contributed by atoms with van der Waals surface area (Å²) in [6.45, 7) is 4.70. The molecule has 1 aliphatic rings. The lowest BCUT2D eigenvalue weighted by Gasteiger charge is -2.17. The molecule has 0 spiro atoms. The third-order valence-corrected chi connectivity index (χ3v) is 4.19. The van der Waals surface area contributed by atoms with Gasteiger partial charge in [-0.3, -0.25) is 4.79 Å². The van der Waals surface area contributed by atoms with Crippen LogP contribution in [0.5, 0.6) is 5.75 Å². The molecular formula is C20H23N3O2. The molecule has 0 atom stereocenters. The van der Waals surface area contributed by atoms with Gasteiger partial charge in [0.05, 0.1) is 12.8 Å². The van der Waals surface area contributed by atoms with Crippen LogP contribution >= 0.6 is 0 Å². The average molecular weight is 337 g/mol. The first-order valence-electron chi connectivity index (χ1n) is 8.68. The minimum Gasteiger partial charge on any atom is -0.493 e. The van der Waals surface area contributed by atoms with Crippen LogP contribution in [-0.4, -0.2) is 31.8 Å². The van der Waals surface area contributed by atoms with Crippen LogP contribution in [0.2, 0.25) is 0 Å². The van der Waals surface area contributed by atoms with E-state index in [1.165, 1.54) is 18.5 Å². The summed E-state index contributed by atoms with van der Waals surface area (Å²) >= 11 is 0. The number of amides is 1. The van der Waals surface area contributed by atoms with E-state index in [4.69, 9.17) is 4.74 Å². The van der Waals surface area contributed by atoms with Crippen molar-refractivity contribution in [2.24, 2.45) is 5.10 Å². The highest BCUT2D eigenvalue weighted by molar-refractivity contribution is 5.95. The molecule has 2 aromatic rings. The quantitative estimate of drug-likeness (QED) is 0.649. The van der Waals surface area contributed by atoms with E-state index in [1.54, 1.807) is 6.21 Å². The number of hydrogen-bond acceptors (Lipinski definition) is 4. The Morgan fingerprint density at radius 2 is 1.88 bits per heavy atom. The number of para-hydroxylation sites is 1. The Morgan fingerprint density at radius 1 is 1.16 bits per heavy atom. The standard InChI is InChI=1S/C20H23N3O2/c1-2-25-19-8-4-3-7-17(19)15-21-22-20(24)16-9-11-18(12-10-16)23-13-5-6-14-23/h3-4,7-12,15H,2,5-6,13-14H2,1H3,(H,22,24)/b21-15-. The number of hydrazone groups is 1. The summed E-state index contributed by atoms with van der Waals surface area (Å²) in [6, 6.07) is 15.3. The monoisotopic (exact) mass is 337 g/mol. The maximum absolute atomic E-state index is 12.2. The number of anilines is 1.